The second-order valence-electron chi connectivity index (χ2n) is 38.7. The van der Waals surface area contributed by atoms with Crippen LogP contribution in [-0.2, 0) is 0 Å². The van der Waals surface area contributed by atoms with Gasteiger partial charge < -0.3 is 18.6 Å². The normalized spacial score (nSPS) is 13.4. The highest BCUT2D eigenvalue weighted by molar-refractivity contribution is 6.40. The van der Waals surface area contributed by atoms with Crippen molar-refractivity contribution in [3.63, 3.8) is 0 Å². The van der Waals surface area contributed by atoms with Gasteiger partial charge in [-0.05, 0) is 200 Å². The Bertz CT molecular complexity index is 10100. The molecule has 0 saturated heterocycles. The van der Waals surface area contributed by atoms with Crippen LogP contribution in [-0.4, -0.2) is 60.4 Å². The summed E-state index contributed by atoms with van der Waals surface area (Å²) < 4.78 is 7.36. The van der Waals surface area contributed by atoms with Crippen LogP contribution in [0.3, 0.4) is 0 Å². The first kappa shape index (κ1) is 86.6. The van der Waals surface area contributed by atoms with Crippen LogP contribution in [0.5, 0.6) is 0 Å². The number of hydrogen-bond donors (Lipinski definition) is 0. The van der Waals surface area contributed by atoms with Gasteiger partial charge in [0, 0.05) is 105 Å². The molecule has 5 aromatic heterocycles. The smallest absolute Gasteiger partial charge is 0.164 e. The number of hydrogen-bond acceptors (Lipinski definition) is 8. The van der Waals surface area contributed by atoms with Crippen molar-refractivity contribution in [1.82, 2.24) is 48.5 Å². The minimum atomic E-state index is 0.0113. The second kappa shape index (κ2) is 36.1. The number of rotatable bonds is 12. The molecule has 2 aliphatic heterocycles. The van der Waals surface area contributed by atoms with E-state index in [4.69, 9.17) is 34.9 Å². The van der Waals surface area contributed by atoms with E-state index in [0.717, 1.165) is 83.5 Å². The van der Waals surface area contributed by atoms with Crippen molar-refractivity contribution in [2.24, 2.45) is 4.99 Å². The molecule has 31 rings (SSSR count). The molecule has 7 heterocycles. The largest absolute Gasteiger partial charge is 0.340 e. The van der Waals surface area contributed by atoms with Crippen LogP contribution in [0, 0.1) is 0 Å². The summed E-state index contributed by atoms with van der Waals surface area (Å²) in [6, 6.07) is 179. The highest BCUT2D eigenvalue weighted by Gasteiger charge is 2.37. The van der Waals surface area contributed by atoms with E-state index in [9.17, 15) is 0 Å². The lowest BCUT2D eigenvalue weighted by molar-refractivity contribution is 0.321. The molecule has 2 unspecified atom stereocenters. The number of benzene rings is 24. The van der Waals surface area contributed by atoms with E-state index >= 15 is 0 Å². The molecule has 0 fully saturated rings. The molecular formula is C139H89N11. The van der Waals surface area contributed by atoms with E-state index in [2.05, 4.69) is 425 Å². The lowest BCUT2D eigenvalue weighted by atomic mass is 9.92. The molecule has 0 radical (unpaired) electrons. The quantitative estimate of drug-likeness (QED) is 0.112. The first-order valence-corrected chi connectivity index (χ1v) is 51.1. The van der Waals surface area contributed by atoms with Gasteiger partial charge in [0.2, 0.25) is 0 Å². The van der Waals surface area contributed by atoms with Crippen LogP contribution in [0.2, 0.25) is 0 Å². The number of aromatic nitrogens is 9. The summed E-state index contributed by atoms with van der Waals surface area (Å²) in [5.74, 6) is 3.90. The van der Waals surface area contributed by atoms with E-state index in [1.54, 1.807) is 0 Å². The number of fused-ring (bicyclic) bond motifs is 31. The molecule has 24 aromatic carbocycles. The fourth-order valence-corrected chi connectivity index (χ4v) is 23.6. The topological polar surface area (TPSA) is 108 Å². The zero-order valence-electron chi connectivity index (χ0n) is 81.3. The Morgan fingerprint density at radius 1 is 0.180 bits per heavy atom. The predicted molar refractivity (Wildman–Crippen MR) is 624 cm³/mol. The maximum Gasteiger partial charge on any atom is 0.164 e. The average molecular weight is 1910 g/mol. The standard InChI is InChI=1S/C49H33N3.2C45H28N4/c1-3-14-35(15-4-1)48-47(50-44-21-11-12-30-51(44)48)34-24-22-32(23-25-34)36-27-29-43-42(31-36)46-40-20-10-9-19-39(40)41-28-26-33-13-7-8-18-38(33)45(41)49(46)52(43)37-16-5-2-6-17-37;2*1-4-15-30(16-5-1)43-46-44(31-17-6-2-7-18-31)48-45(47-43)32-25-27-39-38(28-32)41-36-23-13-12-22-35(36)37-26-24-29-14-10-11-21-34(29)40(37)42(41)49(39)33-19-8-3-9-20-33/h1-31,44,48H;2*1-28H. The fraction of sp³-hybridized carbons (Fsp3) is 0.0144. The molecular weight excluding hydrogens is 1820 g/mol. The zero-order valence-corrected chi connectivity index (χ0v) is 81.3. The summed E-state index contributed by atoms with van der Waals surface area (Å²) >= 11 is 0. The van der Waals surface area contributed by atoms with Gasteiger partial charge in [0.15, 0.2) is 34.9 Å². The van der Waals surface area contributed by atoms with Crippen LogP contribution in [0.1, 0.15) is 17.2 Å². The van der Waals surface area contributed by atoms with Gasteiger partial charge in [0.05, 0.1) is 44.9 Å². The van der Waals surface area contributed by atoms with E-state index in [1.807, 2.05) is 121 Å². The second-order valence-corrected chi connectivity index (χ2v) is 38.7. The van der Waals surface area contributed by atoms with Crippen LogP contribution < -0.4 is 0 Å². The Balaban J connectivity index is 0.000000106. The summed E-state index contributed by atoms with van der Waals surface area (Å²) in [5, 5.41) is 29.9. The minimum absolute atomic E-state index is 0.0113. The molecule has 150 heavy (non-hydrogen) atoms. The summed E-state index contributed by atoms with van der Waals surface area (Å²) in [5.41, 5.74) is 22.1. The van der Waals surface area contributed by atoms with Crippen LogP contribution in [0.15, 0.2) is 533 Å². The Hall–Kier alpha value is -20.0. The monoisotopic (exact) mass is 1910 g/mol. The number of nitrogens with zero attached hydrogens (tertiary/aromatic N) is 11. The van der Waals surface area contributed by atoms with E-state index in [-0.39, 0.29) is 12.2 Å². The van der Waals surface area contributed by atoms with Gasteiger partial charge in [-0.3, -0.25) is 4.99 Å². The van der Waals surface area contributed by atoms with Crippen molar-refractivity contribution in [2.45, 2.75) is 12.2 Å². The highest BCUT2D eigenvalue weighted by Crippen LogP contribution is 2.52. The van der Waals surface area contributed by atoms with E-state index in [0.29, 0.717) is 34.9 Å². The first-order valence-electron chi connectivity index (χ1n) is 51.1. The third kappa shape index (κ3) is 14.5. The number of allylic oxidation sites excluding steroid dienone is 2. The van der Waals surface area contributed by atoms with Gasteiger partial charge in [-0.1, -0.05) is 425 Å². The molecule has 0 N–H and O–H groups in total. The van der Waals surface area contributed by atoms with Crippen LogP contribution in [0.25, 0.3) is 259 Å². The zero-order chi connectivity index (χ0) is 98.8. The van der Waals surface area contributed by atoms with Crippen molar-refractivity contribution in [3.8, 4) is 96.5 Å². The van der Waals surface area contributed by atoms with Gasteiger partial charge in [0.25, 0.3) is 0 Å². The molecule has 0 spiro atoms. The third-order valence-corrected chi connectivity index (χ3v) is 30.2. The SMILES string of the molecule is C1=CC2N=C(c3ccc(-c4ccc5c(c4)c4c6ccccc6c6ccc7ccccc7c6c4n5-c4ccccc4)cc3)C(c3ccccc3)N2C=C1.c1ccc(-c2nc(-c3ccccc3)nc(-c3ccc4c(c3)c3c5ccccc5c5ccc6ccccc6c5c3n4-c3ccccc3)n2)cc1.c1ccc(-c2nc(-c3ccccc3)nc(-c3ccc4c(c3)c3c5ccccc5c5ccc6ccccc6c5c3n4-c3ccccc3)n2)cc1. The third-order valence-electron chi connectivity index (χ3n) is 30.2. The Kier molecular flexibility index (Phi) is 20.8. The van der Waals surface area contributed by atoms with Gasteiger partial charge in [-0.25, -0.2) is 29.9 Å². The van der Waals surface area contributed by atoms with Crippen molar-refractivity contribution >= 4 is 168 Å². The molecule has 700 valence electrons. The van der Waals surface area contributed by atoms with Gasteiger partial charge >= 0.3 is 0 Å². The molecule has 0 bridgehead atoms. The lowest BCUT2D eigenvalue weighted by Gasteiger charge is -2.29. The van der Waals surface area contributed by atoms with E-state index in [1.165, 1.54) is 157 Å². The summed E-state index contributed by atoms with van der Waals surface area (Å²) in [7, 11) is 0. The molecule has 29 aromatic rings. The summed E-state index contributed by atoms with van der Waals surface area (Å²) in [4.78, 5) is 37.7. The van der Waals surface area contributed by atoms with Crippen LogP contribution in [0.4, 0.5) is 0 Å². The molecule has 0 amide bonds. The number of aliphatic imine (C=N–C) groups is 1. The van der Waals surface area contributed by atoms with Crippen molar-refractivity contribution < 1.29 is 0 Å². The maximum atomic E-state index is 5.22. The number of para-hydroxylation sites is 3. The summed E-state index contributed by atoms with van der Waals surface area (Å²) in [6.07, 6.45) is 8.56. The minimum Gasteiger partial charge on any atom is -0.340 e. The van der Waals surface area contributed by atoms with E-state index < -0.39 is 0 Å². The Morgan fingerprint density at radius 2 is 0.440 bits per heavy atom. The molecule has 0 saturated carbocycles. The first-order chi connectivity index (χ1) is 74.4. The van der Waals surface area contributed by atoms with Crippen LogP contribution >= 0.6 is 0 Å². The summed E-state index contributed by atoms with van der Waals surface area (Å²) in [6.45, 7) is 0. The molecule has 0 aliphatic carbocycles. The van der Waals surface area contributed by atoms with Gasteiger partial charge in [0.1, 0.15) is 6.17 Å². The Labute approximate surface area is 863 Å². The average Bonchev–Trinajstić information content (AvgIpc) is 1.54. The molecule has 2 atom stereocenters. The highest BCUT2D eigenvalue weighted by atomic mass is 15.3. The lowest BCUT2D eigenvalue weighted by Crippen LogP contribution is -2.29. The van der Waals surface area contributed by atoms with Gasteiger partial charge in [-0.15, -0.1) is 0 Å². The Morgan fingerprint density at radius 3 is 0.787 bits per heavy atom. The van der Waals surface area contributed by atoms with Gasteiger partial charge in [-0.2, -0.15) is 0 Å². The van der Waals surface area contributed by atoms with Crippen molar-refractivity contribution in [1.29, 1.82) is 0 Å². The fourth-order valence-electron chi connectivity index (χ4n) is 23.6. The molecule has 11 heteroatoms. The predicted octanol–water partition coefficient (Wildman–Crippen LogP) is 35.0. The van der Waals surface area contributed by atoms with Crippen molar-refractivity contribution in [3.05, 3.63) is 539 Å². The van der Waals surface area contributed by atoms with Crippen molar-refractivity contribution in [2.75, 3.05) is 0 Å². The molecule has 2 aliphatic rings. The maximum absolute atomic E-state index is 5.22. The molecule has 11 nitrogen and oxygen atoms in total.